The number of hydrogen-bond acceptors (Lipinski definition) is 2. The van der Waals surface area contributed by atoms with Gasteiger partial charge in [-0.1, -0.05) is 0 Å². The van der Waals surface area contributed by atoms with Crippen molar-refractivity contribution in [3.8, 4) is 0 Å². The summed E-state index contributed by atoms with van der Waals surface area (Å²) in [6, 6.07) is 0.349. The van der Waals surface area contributed by atoms with Crippen LogP contribution in [0.1, 0.15) is 25.7 Å². The van der Waals surface area contributed by atoms with Gasteiger partial charge >= 0.3 is 6.09 Å². The molecule has 3 atom stereocenters. The summed E-state index contributed by atoms with van der Waals surface area (Å²) in [5.74, 6) is 0.327. The Balaban J connectivity index is 2.08. The molecule has 0 aromatic heterocycles. The molecule has 2 fully saturated rings. The van der Waals surface area contributed by atoms with Crippen molar-refractivity contribution in [3.05, 3.63) is 0 Å². The van der Waals surface area contributed by atoms with Crippen molar-refractivity contribution < 1.29 is 15.0 Å². The van der Waals surface area contributed by atoms with E-state index in [4.69, 9.17) is 10.2 Å². The molecular formula is C9H15NO3. The average Bonchev–Trinajstić information content (AvgIpc) is 2.37. The van der Waals surface area contributed by atoms with Gasteiger partial charge in [-0.3, -0.25) is 0 Å². The van der Waals surface area contributed by atoms with Crippen LogP contribution >= 0.6 is 0 Å². The number of hydrogen-bond donors (Lipinski definition) is 2. The third-order valence-electron chi connectivity index (χ3n) is 3.31. The highest BCUT2D eigenvalue weighted by Crippen LogP contribution is 2.38. The molecule has 0 spiro atoms. The molecule has 2 saturated heterocycles. The molecule has 2 bridgehead atoms. The summed E-state index contributed by atoms with van der Waals surface area (Å²) in [6.07, 6.45) is 2.86. The van der Waals surface area contributed by atoms with Crippen LogP contribution < -0.4 is 0 Å². The van der Waals surface area contributed by atoms with Gasteiger partial charge in [-0.25, -0.2) is 4.79 Å². The van der Waals surface area contributed by atoms with E-state index >= 15 is 0 Å². The van der Waals surface area contributed by atoms with Gasteiger partial charge in [0.15, 0.2) is 0 Å². The first kappa shape index (κ1) is 8.81. The molecule has 13 heavy (non-hydrogen) atoms. The molecule has 0 radical (unpaired) electrons. The van der Waals surface area contributed by atoms with Crippen LogP contribution in [0.2, 0.25) is 0 Å². The molecule has 2 N–H and O–H groups in total. The number of carboxylic acid groups (broad SMARTS) is 1. The second kappa shape index (κ2) is 3.18. The highest BCUT2D eigenvalue weighted by Gasteiger charge is 2.42. The minimum atomic E-state index is -0.788. The quantitative estimate of drug-likeness (QED) is 0.638. The van der Waals surface area contributed by atoms with Crippen LogP contribution in [0.4, 0.5) is 4.79 Å². The minimum Gasteiger partial charge on any atom is -0.465 e. The van der Waals surface area contributed by atoms with Crippen molar-refractivity contribution in [1.82, 2.24) is 4.90 Å². The Hall–Kier alpha value is -0.770. The van der Waals surface area contributed by atoms with E-state index in [-0.39, 0.29) is 18.7 Å². The summed E-state index contributed by atoms with van der Waals surface area (Å²) in [5.41, 5.74) is 0. The van der Waals surface area contributed by atoms with E-state index in [2.05, 4.69) is 0 Å². The number of aliphatic hydroxyl groups excluding tert-OH is 1. The predicted molar refractivity (Wildman–Crippen MR) is 46.5 cm³/mol. The van der Waals surface area contributed by atoms with Crippen molar-refractivity contribution in [2.75, 3.05) is 6.61 Å². The van der Waals surface area contributed by atoms with Crippen molar-refractivity contribution >= 4 is 6.09 Å². The van der Waals surface area contributed by atoms with Crippen molar-refractivity contribution in [2.45, 2.75) is 37.8 Å². The third kappa shape index (κ3) is 1.39. The minimum absolute atomic E-state index is 0.174. The van der Waals surface area contributed by atoms with Crippen molar-refractivity contribution in [1.29, 1.82) is 0 Å². The van der Waals surface area contributed by atoms with Crippen LogP contribution in [-0.2, 0) is 0 Å². The summed E-state index contributed by atoms with van der Waals surface area (Å²) in [6.45, 7) is 0.209. The lowest BCUT2D eigenvalue weighted by Crippen LogP contribution is -2.46. The molecule has 4 heteroatoms. The van der Waals surface area contributed by atoms with Gasteiger partial charge < -0.3 is 15.1 Å². The molecule has 0 aliphatic carbocycles. The first-order chi connectivity index (χ1) is 6.22. The number of aliphatic hydroxyl groups is 1. The van der Waals surface area contributed by atoms with Gasteiger partial charge in [0.2, 0.25) is 0 Å². The Bertz CT molecular complexity index is 205. The highest BCUT2D eigenvalue weighted by atomic mass is 16.4. The number of piperidine rings is 1. The van der Waals surface area contributed by atoms with E-state index in [9.17, 15) is 4.79 Å². The maximum absolute atomic E-state index is 10.9. The maximum atomic E-state index is 10.9. The van der Waals surface area contributed by atoms with Crippen LogP contribution in [0.15, 0.2) is 0 Å². The van der Waals surface area contributed by atoms with Gasteiger partial charge in [-0.05, 0) is 31.6 Å². The molecular weight excluding hydrogens is 170 g/mol. The van der Waals surface area contributed by atoms with Gasteiger partial charge in [-0.15, -0.1) is 0 Å². The van der Waals surface area contributed by atoms with Crippen LogP contribution in [0.25, 0.3) is 0 Å². The standard InChI is InChI=1S/C9H15NO3/c11-5-6-3-7-1-2-8(4-6)10(7)9(12)13/h6-8,11H,1-5H2,(H,12,13)/t6-,7-,8+. The second-order valence-electron chi connectivity index (χ2n) is 4.09. The van der Waals surface area contributed by atoms with Gasteiger partial charge in [0, 0.05) is 18.7 Å². The Morgan fingerprint density at radius 1 is 1.31 bits per heavy atom. The molecule has 0 aromatic carbocycles. The van der Waals surface area contributed by atoms with E-state index in [1.165, 1.54) is 0 Å². The molecule has 2 rings (SSSR count). The topological polar surface area (TPSA) is 60.8 Å². The first-order valence-electron chi connectivity index (χ1n) is 4.84. The number of amides is 1. The number of carbonyl (C=O) groups is 1. The Morgan fingerprint density at radius 3 is 2.23 bits per heavy atom. The molecule has 2 aliphatic rings. The summed E-state index contributed by atoms with van der Waals surface area (Å²) < 4.78 is 0. The molecule has 4 nitrogen and oxygen atoms in total. The summed E-state index contributed by atoms with van der Waals surface area (Å²) in [5, 5.41) is 18.0. The number of fused-ring (bicyclic) bond motifs is 2. The monoisotopic (exact) mass is 185 g/mol. The smallest absolute Gasteiger partial charge is 0.407 e. The second-order valence-corrected chi connectivity index (χ2v) is 4.09. The predicted octanol–water partition coefficient (Wildman–Crippen LogP) is 0.900. The van der Waals surface area contributed by atoms with E-state index in [1.54, 1.807) is 4.90 Å². The van der Waals surface area contributed by atoms with Crippen LogP contribution in [0.5, 0.6) is 0 Å². The van der Waals surface area contributed by atoms with Crippen molar-refractivity contribution in [3.63, 3.8) is 0 Å². The van der Waals surface area contributed by atoms with Crippen molar-refractivity contribution in [2.24, 2.45) is 5.92 Å². The average molecular weight is 185 g/mol. The fraction of sp³-hybridized carbons (Fsp3) is 0.889. The zero-order valence-corrected chi connectivity index (χ0v) is 7.52. The van der Waals surface area contributed by atoms with Gasteiger partial charge in [-0.2, -0.15) is 0 Å². The summed E-state index contributed by atoms with van der Waals surface area (Å²) in [7, 11) is 0. The zero-order chi connectivity index (χ0) is 9.42. The van der Waals surface area contributed by atoms with Gasteiger partial charge in [0.25, 0.3) is 0 Å². The SMILES string of the molecule is O=C(O)N1[C@@H]2CC[C@H]1C[C@H](CO)C2. The lowest BCUT2D eigenvalue weighted by atomic mass is 9.92. The van der Waals surface area contributed by atoms with Crippen LogP contribution in [0, 0.1) is 5.92 Å². The highest BCUT2D eigenvalue weighted by molar-refractivity contribution is 5.66. The molecule has 0 saturated carbocycles. The molecule has 2 aliphatic heterocycles. The number of nitrogens with zero attached hydrogens (tertiary/aromatic N) is 1. The van der Waals surface area contributed by atoms with Crippen LogP contribution in [0.3, 0.4) is 0 Å². The Morgan fingerprint density at radius 2 is 1.85 bits per heavy atom. The summed E-state index contributed by atoms with van der Waals surface area (Å²) >= 11 is 0. The lowest BCUT2D eigenvalue weighted by molar-refractivity contribution is 0.0674. The zero-order valence-electron chi connectivity index (χ0n) is 7.52. The third-order valence-corrected chi connectivity index (χ3v) is 3.31. The van der Waals surface area contributed by atoms with E-state index < -0.39 is 6.09 Å². The van der Waals surface area contributed by atoms with Gasteiger partial charge in [0.1, 0.15) is 0 Å². The fourth-order valence-corrected chi connectivity index (χ4v) is 2.75. The fourth-order valence-electron chi connectivity index (χ4n) is 2.75. The molecule has 0 unspecified atom stereocenters. The molecule has 2 heterocycles. The molecule has 74 valence electrons. The Kier molecular flexibility index (Phi) is 2.15. The van der Waals surface area contributed by atoms with E-state index in [1.807, 2.05) is 0 Å². The molecule has 0 aromatic rings. The van der Waals surface area contributed by atoms with Gasteiger partial charge in [0.05, 0.1) is 0 Å². The summed E-state index contributed by atoms with van der Waals surface area (Å²) in [4.78, 5) is 12.5. The molecule has 1 amide bonds. The van der Waals surface area contributed by atoms with E-state index in [0.29, 0.717) is 5.92 Å². The first-order valence-corrected chi connectivity index (χ1v) is 4.84. The normalized spacial score (nSPS) is 37.9. The van der Waals surface area contributed by atoms with E-state index in [0.717, 1.165) is 25.7 Å². The lowest BCUT2D eigenvalue weighted by Gasteiger charge is -2.36. The van der Waals surface area contributed by atoms with Crippen LogP contribution in [-0.4, -0.2) is 39.9 Å². The largest absolute Gasteiger partial charge is 0.465 e. The maximum Gasteiger partial charge on any atom is 0.407 e. The Labute approximate surface area is 77.2 Å². The number of rotatable bonds is 1.